The third-order valence-corrected chi connectivity index (χ3v) is 0.966. The maximum Gasteiger partial charge on any atom is 0.433 e. The van der Waals surface area contributed by atoms with Crippen LogP contribution in [0.5, 0.6) is 5.88 Å². The van der Waals surface area contributed by atoms with Gasteiger partial charge in [-0.1, -0.05) is 0 Å². The Balaban J connectivity index is 3.67. The molecule has 0 aliphatic rings. The van der Waals surface area contributed by atoms with E-state index in [-0.39, 0.29) is 0 Å². The largest absolute Gasteiger partial charge is 0.493 e. The molecule has 0 bridgehead atoms. The summed E-state index contributed by atoms with van der Waals surface area (Å²) in [4.78, 5) is 2.62. The fraction of sp³-hybridized carbons (Fsp3) is 0.286. The van der Waals surface area contributed by atoms with Crippen LogP contribution in [0.1, 0.15) is 18.1 Å². The average molecular weight is 182 g/mol. The van der Waals surface area contributed by atoms with Crippen molar-refractivity contribution in [3.05, 3.63) is 23.3 Å². The lowest BCUT2D eigenvalue weighted by atomic mass is 10.2. The number of rotatable bonds is 0. The predicted molar refractivity (Wildman–Crippen MR) is 35.6 cm³/mol. The van der Waals surface area contributed by atoms with Crippen molar-refractivity contribution >= 4 is 0 Å². The molecule has 0 spiro atoms. The minimum Gasteiger partial charge on any atom is -0.493 e. The summed E-state index contributed by atoms with van der Waals surface area (Å²) >= 11 is 0. The number of halogens is 3. The van der Waals surface area contributed by atoms with E-state index in [1.807, 2.05) is 0 Å². The molecule has 0 amide bonds. The van der Waals surface area contributed by atoms with Gasteiger partial charge in [0.2, 0.25) is 5.88 Å². The molecular weight excluding hydrogens is 171 g/mol. The first kappa shape index (κ1) is 4.11. The van der Waals surface area contributed by atoms with Gasteiger partial charge < -0.3 is 5.11 Å². The molecule has 0 aromatic carbocycles. The standard InChI is InChI=1S/C7H6F3NO/c1-4-2-5(7(8,9)10)11-6(12)3-4/h2-3H,1H3,(H,11,12)/i1D3,2D,3D. The van der Waals surface area contributed by atoms with Gasteiger partial charge in [0.05, 0.1) is 2.74 Å². The van der Waals surface area contributed by atoms with Crippen molar-refractivity contribution in [1.82, 2.24) is 4.98 Å². The number of nitrogens with zero attached hydrogens (tertiary/aromatic N) is 1. The summed E-state index contributed by atoms with van der Waals surface area (Å²) in [5, 5.41) is 9.00. The van der Waals surface area contributed by atoms with Gasteiger partial charge in [-0.3, -0.25) is 0 Å². The number of aromatic hydroxyl groups is 1. The normalized spacial score (nSPS) is 18.8. The Bertz CT molecular complexity index is 456. The van der Waals surface area contributed by atoms with E-state index in [1.165, 1.54) is 0 Å². The van der Waals surface area contributed by atoms with Crippen molar-refractivity contribution in [2.24, 2.45) is 0 Å². The second kappa shape index (κ2) is 2.66. The fourth-order valence-electron chi connectivity index (χ4n) is 0.558. The Morgan fingerprint density at radius 2 is 2.25 bits per heavy atom. The zero-order valence-electron chi connectivity index (χ0n) is 10.5. The molecule has 66 valence electrons. The summed E-state index contributed by atoms with van der Waals surface area (Å²) in [7, 11) is 0. The number of hydrogen-bond acceptors (Lipinski definition) is 2. The van der Waals surface area contributed by atoms with Crippen LogP contribution in [0.25, 0.3) is 0 Å². The Morgan fingerprint density at radius 1 is 1.58 bits per heavy atom. The van der Waals surface area contributed by atoms with E-state index in [0.717, 1.165) is 0 Å². The van der Waals surface area contributed by atoms with Gasteiger partial charge in [-0.25, -0.2) is 4.98 Å². The minimum atomic E-state index is -5.07. The first-order chi connectivity index (χ1) is 7.46. The molecular formula is C7H6F3NO. The molecule has 0 radical (unpaired) electrons. The van der Waals surface area contributed by atoms with Crippen LogP contribution in [-0.4, -0.2) is 10.1 Å². The van der Waals surface area contributed by atoms with Crippen molar-refractivity contribution in [2.75, 3.05) is 0 Å². The monoisotopic (exact) mass is 182 g/mol. The van der Waals surface area contributed by atoms with Gasteiger partial charge in [0.25, 0.3) is 0 Å². The number of pyridine rings is 1. The fourth-order valence-corrected chi connectivity index (χ4v) is 0.558. The lowest BCUT2D eigenvalue weighted by Crippen LogP contribution is -2.07. The molecule has 1 rings (SSSR count). The summed E-state index contributed by atoms with van der Waals surface area (Å²) in [5.74, 6) is -1.36. The summed E-state index contributed by atoms with van der Waals surface area (Å²) in [6, 6.07) is -2.51. The van der Waals surface area contributed by atoms with Crippen LogP contribution in [0.3, 0.4) is 0 Å². The molecule has 0 saturated heterocycles. The molecule has 12 heavy (non-hydrogen) atoms. The van der Waals surface area contributed by atoms with E-state index in [0.29, 0.717) is 0 Å². The molecule has 0 fully saturated rings. The molecule has 1 N–H and O–H groups in total. The SMILES string of the molecule is [2H]c1c(O)nc(C(F)(F)F)c([2H])c1C([2H])([2H])[2H]. The van der Waals surface area contributed by atoms with Crippen molar-refractivity contribution < 1.29 is 25.1 Å². The molecule has 2 nitrogen and oxygen atoms in total. The van der Waals surface area contributed by atoms with Crippen LogP contribution in [0.15, 0.2) is 12.1 Å². The summed E-state index contributed by atoms with van der Waals surface area (Å²) in [5.41, 5.74) is -2.99. The smallest absolute Gasteiger partial charge is 0.433 e. The van der Waals surface area contributed by atoms with Gasteiger partial charge in [-0.2, -0.15) is 13.2 Å². The van der Waals surface area contributed by atoms with Crippen LogP contribution in [0, 0.1) is 6.85 Å². The van der Waals surface area contributed by atoms with Crippen molar-refractivity contribution in [1.29, 1.82) is 0 Å². The van der Waals surface area contributed by atoms with Crippen molar-refractivity contribution in [3.63, 3.8) is 0 Å². The molecule has 1 aromatic heterocycles. The van der Waals surface area contributed by atoms with Gasteiger partial charge in [0.15, 0.2) is 0 Å². The molecule has 0 aliphatic heterocycles. The topological polar surface area (TPSA) is 33.1 Å². The Labute approximate surface area is 73.7 Å². The van der Waals surface area contributed by atoms with Crippen LogP contribution in [-0.2, 0) is 6.18 Å². The molecule has 1 aromatic rings. The van der Waals surface area contributed by atoms with Crippen LogP contribution in [0.4, 0.5) is 13.2 Å². The van der Waals surface area contributed by atoms with E-state index >= 15 is 0 Å². The van der Waals surface area contributed by atoms with Gasteiger partial charge in [-0.05, 0) is 18.5 Å². The van der Waals surface area contributed by atoms with Gasteiger partial charge in [-0.15, -0.1) is 0 Å². The molecule has 0 unspecified atom stereocenters. The summed E-state index contributed by atoms with van der Waals surface area (Å²) < 4.78 is 72.2. The van der Waals surface area contributed by atoms with E-state index < -0.39 is 42.3 Å². The summed E-state index contributed by atoms with van der Waals surface area (Å²) in [6.07, 6.45) is -5.07. The third kappa shape index (κ3) is 1.87. The van der Waals surface area contributed by atoms with E-state index in [9.17, 15) is 13.2 Å². The van der Waals surface area contributed by atoms with Crippen LogP contribution in [0.2, 0.25) is 0 Å². The maximum atomic E-state index is 12.4. The number of alkyl halides is 3. The van der Waals surface area contributed by atoms with Crippen LogP contribution < -0.4 is 0 Å². The second-order valence-corrected chi connectivity index (χ2v) is 1.91. The Hall–Kier alpha value is -1.26. The lowest BCUT2D eigenvalue weighted by molar-refractivity contribution is -0.141. The predicted octanol–water partition coefficient (Wildman–Crippen LogP) is 2.11. The summed E-state index contributed by atoms with van der Waals surface area (Å²) in [6.45, 7) is -3.10. The third-order valence-electron chi connectivity index (χ3n) is 0.966. The Kier molecular flexibility index (Phi) is 0.910. The average Bonchev–Trinajstić information content (AvgIpc) is 2.07. The van der Waals surface area contributed by atoms with Crippen molar-refractivity contribution in [3.8, 4) is 5.88 Å². The molecule has 1 heterocycles. The number of aromatic nitrogens is 1. The number of hydrogen-bond donors (Lipinski definition) is 1. The van der Waals surface area contributed by atoms with E-state index in [1.54, 1.807) is 0 Å². The molecule has 5 heteroatoms. The van der Waals surface area contributed by atoms with E-state index in [4.69, 9.17) is 12.0 Å². The first-order valence-electron chi connectivity index (χ1n) is 5.24. The second-order valence-electron chi connectivity index (χ2n) is 1.91. The molecule has 0 saturated carbocycles. The quantitative estimate of drug-likeness (QED) is 0.666. The zero-order chi connectivity index (χ0) is 13.6. The molecule has 0 aliphatic carbocycles. The lowest BCUT2D eigenvalue weighted by Gasteiger charge is -2.06. The van der Waals surface area contributed by atoms with Gasteiger partial charge in [0, 0.05) is 10.2 Å². The van der Waals surface area contributed by atoms with E-state index in [2.05, 4.69) is 4.98 Å². The highest BCUT2D eigenvalue weighted by Gasteiger charge is 2.32. The highest BCUT2D eigenvalue weighted by atomic mass is 19.4. The van der Waals surface area contributed by atoms with Crippen molar-refractivity contribution in [2.45, 2.75) is 13.0 Å². The minimum absolute atomic E-state index is 1.09. The molecule has 0 atom stereocenters. The van der Waals surface area contributed by atoms with Gasteiger partial charge >= 0.3 is 6.18 Å². The Morgan fingerprint density at radius 3 is 2.75 bits per heavy atom. The highest BCUT2D eigenvalue weighted by molar-refractivity contribution is 5.24. The zero-order valence-corrected chi connectivity index (χ0v) is 5.53. The van der Waals surface area contributed by atoms with Gasteiger partial charge in [0.1, 0.15) is 5.69 Å². The van der Waals surface area contributed by atoms with Crippen LogP contribution >= 0.6 is 0 Å². The maximum absolute atomic E-state index is 12.4. The first-order valence-corrected chi connectivity index (χ1v) is 2.74. The highest BCUT2D eigenvalue weighted by Crippen LogP contribution is 2.29.